The Hall–Kier alpha value is -3.23. The van der Waals surface area contributed by atoms with E-state index in [1.807, 2.05) is 56.3 Å². The average Bonchev–Trinajstić information content (AvgIpc) is 3.27. The Morgan fingerprint density at radius 2 is 1.78 bits per heavy atom. The largest absolute Gasteiger partial charge is 0.497 e. The van der Waals surface area contributed by atoms with Crippen LogP contribution in [-0.4, -0.2) is 65.7 Å². The minimum atomic E-state index is 0.0215. The molecule has 1 amide bonds. The molecule has 2 heterocycles. The van der Waals surface area contributed by atoms with Crippen molar-refractivity contribution in [2.75, 3.05) is 45.2 Å². The summed E-state index contributed by atoms with van der Waals surface area (Å²) in [4.78, 5) is 21.5. The van der Waals surface area contributed by atoms with Crippen LogP contribution in [0, 0.1) is 13.8 Å². The van der Waals surface area contributed by atoms with Crippen LogP contribution in [0.25, 0.3) is 11.4 Å². The van der Waals surface area contributed by atoms with Gasteiger partial charge in [-0.15, -0.1) is 0 Å². The van der Waals surface area contributed by atoms with Gasteiger partial charge in [0.25, 0.3) is 0 Å². The third-order valence-corrected chi connectivity index (χ3v) is 5.89. The molecular formula is C24H29N5O3. The highest BCUT2D eigenvalue weighted by molar-refractivity contribution is 5.93. The number of carbonyl (C=O) groups excluding carboxylic acids is 1. The molecule has 0 aliphatic carbocycles. The summed E-state index contributed by atoms with van der Waals surface area (Å²) >= 11 is 0. The minimum Gasteiger partial charge on any atom is -0.497 e. The van der Waals surface area contributed by atoms with E-state index in [0.717, 1.165) is 48.7 Å². The zero-order chi connectivity index (χ0) is 22.5. The number of aryl methyl sites for hydroxylation is 1. The van der Waals surface area contributed by atoms with Crippen molar-refractivity contribution in [2.24, 2.45) is 0 Å². The number of rotatable bonds is 7. The van der Waals surface area contributed by atoms with Crippen molar-refractivity contribution in [1.29, 1.82) is 0 Å². The fraction of sp³-hybridized carbons (Fsp3) is 0.375. The summed E-state index contributed by atoms with van der Waals surface area (Å²) in [5, 5.41) is 7.14. The number of amides is 1. The second kappa shape index (κ2) is 9.93. The van der Waals surface area contributed by atoms with E-state index < -0.39 is 0 Å². The Bertz CT molecular complexity index is 1060. The highest BCUT2D eigenvalue weighted by Gasteiger charge is 2.21. The third-order valence-electron chi connectivity index (χ3n) is 5.89. The van der Waals surface area contributed by atoms with Gasteiger partial charge >= 0.3 is 0 Å². The Labute approximate surface area is 188 Å². The van der Waals surface area contributed by atoms with Crippen LogP contribution in [0.3, 0.4) is 0 Å². The second-order valence-electron chi connectivity index (χ2n) is 8.09. The maximum Gasteiger partial charge on any atom is 0.241 e. The molecule has 1 aliphatic rings. The number of carbonyl (C=O) groups is 1. The summed E-state index contributed by atoms with van der Waals surface area (Å²) < 4.78 is 10.6. The molecule has 0 spiro atoms. The van der Waals surface area contributed by atoms with Crippen molar-refractivity contribution >= 4 is 11.6 Å². The molecule has 8 heteroatoms. The van der Waals surface area contributed by atoms with E-state index in [9.17, 15) is 4.79 Å². The number of hydrogen-bond acceptors (Lipinski definition) is 7. The number of nitrogens with zero attached hydrogens (tertiary/aromatic N) is 4. The highest BCUT2D eigenvalue weighted by Crippen LogP contribution is 2.21. The van der Waals surface area contributed by atoms with E-state index in [4.69, 9.17) is 9.26 Å². The van der Waals surface area contributed by atoms with Gasteiger partial charge in [0.15, 0.2) is 0 Å². The van der Waals surface area contributed by atoms with E-state index in [-0.39, 0.29) is 5.91 Å². The van der Waals surface area contributed by atoms with Crippen LogP contribution in [0.1, 0.15) is 17.0 Å². The van der Waals surface area contributed by atoms with Crippen LogP contribution >= 0.6 is 0 Å². The van der Waals surface area contributed by atoms with Gasteiger partial charge in [0, 0.05) is 37.4 Å². The first-order valence-corrected chi connectivity index (χ1v) is 10.8. The SMILES string of the molecule is COc1ccc(-c2noc(CN3CCN(CC(=O)Nc4cccc(C)c4C)CC3)n2)cc1. The quantitative estimate of drug-likeness (QED) is 0.610. The Balaban J connectivity index is 1.25. The molecule has 3 aromatic rings. The molecule has 168 valence electrons. The summed E-state index contributed by atoms with van der Waals surface area (Å²) in [6.45, 7) is 8.40. The van der Waals surface area contributed by atoms with Crippen molar-refractivity contribution in [3.8, 4) is 17.1 Å². The zero-order valence-corrected chi connectivity index (χ0v) is 18.8. The van der Waals surface area contributed by atoms with Crippen LogP contribution in [0.5, 0.6) is 5.75 Å². The molecule has 32 heavy (non-hydrogen) atoms. The van der Waals surface area contributed by atoms with Gasteiger partial charge in [0.1, 0.15) is 5.75 Å². The first kappa shape index (κ1) is 22.0. The number of piperazine rings is 1. The maximum absolute atomic E-state index is 12.5. The van der Waals surface area contributed by atoms with Gasteiger partial charge in [-0.2, -0.15) is 4.98 Å². The molecule has 0 saturated carbocycles. The van der Waals surface area contributed by atoms with E-state index in [2.05, 4.69) is 25.3 Å². The molecule has 0 radical (unpaired) electrons. The maximum atomic E-state index is 12.5. The van der Waals surface area contributed by atoms with Crippen molar-refractivity contribution in [3.63, 3.8) is 0 Å². The standard InChI is InChI=1S/C24H29N5O3/c1-17-5-4-6-21(18(17)2)25-22(30)15-28-11-13-29(14-12-28)16-23-26-24(27-32-23)19-7-9-20(31-3)10-8-19/h4-10H,11-16H2,1-3H3,(H,25,30). The van der Waals surface area contributed by atoms with Gasteiger partial charge in [0.05, 0.1) is 20.2 Å². The molecule has 4 rings (SSSR count). The number of aromatic nitrogens is 2. The van der Waals surface area contributed by atoms with Gasteiger partial charge in [-0.1, -0.05) is 17.3 Å². The van der Waals surface area contributed by atoms with Crippen LogP contribution in [0.15, 0.2) is 47.0 Å². The first-order valence-electron chi connectivity index (χ1n) is 10.8. The van der Waals surface area contributed by atoms with Crippen LogP contribution < -0.4 is 10.1 Å². The van der Waals surface area contributed by atoms with Gasteiger partial charge < -0.3 is 14.6 Å². The normalized spacial score (nSPS) is 15.0. The zero-order valence-electron chi connectivity index (χ0n) is 18.8. The summed E-state index contributed by atoms with van der Waals surface area (Å²) in [5.74, 6) is 1.98. The summed E-state index contributed by atoms with van der Waals surface area (Å²) in [5.41, 5.74) is 4.06. The fourth-order valence-corrected chi connectivity index (χ4v) is 3.75. The Morgan fingerprint density at radius 1 is 1.06 bits per heavy atom. The molecule has 2 aromatic carbocycles. The lowest BCUT2D eigenvalue weighted by Gasteiger charge is -2.33. The molecule has 1 aromatic heterocycles. The summed E-state index contributed by atoms with van der Waals surface area (Å²) in [6, 6.07) is 13.5. The monoisotopic (exact) mass is 435 g/mol. The lowest BCUT2D eigenvalue weighted by atomic mass is 10.1. The topological polar surface area (TPSA) is 83.7 Å². The number of benzene rings is 2. The van der Waals surface area contributed by atoms with Crippen LogP contribution in [0.2, 0.25) is 0 Å². The first-order chi connectivity index (χ1) is 15.5. The van der Waals surface area contributed by atoms with Crippen LogP contribution in [0.4, 0.5) is 5.69 Å². The number of methoxy groups -OCH3 is 1. The molecule has 1 aliphatic heterocycles. The van der Waals surface area contributed by atoms with Crippen LogP contribution in [-0.2, 0) is 11.3 Å². The molecule has 0 atom stereocenters. The molecule has 0 bridgehead atoms. The predicted molar refractivity (Wildman–Crippen MR) is 123 cm³/mol. The Kier molecular flexibility index (Phi) is 6.82. The Morgan fingerprint density at radius 3 is 2.50 bits per heavy atom. The molecular weight excluding hydrogens is 406 g/mol. The minimum absolute atomic E-state index is 0.0215. The molecule has 1 fully saturated rings. The van der Waals surface area contributed by atoms with Gasteiger partial charge in [-0.25, -0.2) is 0 Å². The molecule has 0 unspecified atom stereocenters. The van der Waals surface area contributed by atoms with Crippen molar-refractivity contribution < 1.29 is 14.1 Å². The lowest BCUT2D eigenvalue weighted by molar-refractivity contribution is -0.117. The molecule has 1 N–H and O–H groups in total. The second-order valence-corrected chi connectivity index (χ2v) is 8.09. The third kappa shape index (κ3) is 5.33. The van der Waals surface area contributed by atoms with Crippen molar-refractivity contribution in [3.05, 3.63) is 59.5 Å². The van der Waals surface area contributed by atoms with E-state index in [1.165, 1.54) is 5.56 Å². The molecule has 1 saturated heterocycles. The van der Waals surface area contributed by atoms with Crippen molar-refractivity contribution in [1.82, 2.24) is 19.9 Å². The number of anilines is 1. The fourth-order valence-electron chi connectivity index (χ4n) is 3.75. The van der Waals surface area contributed by atoms with Gasteiger partial charge in [-0.05, 0) is 55.3 Å². The predicted octanol–water partition coefficient (Wildman–Crippen LogP) is 3.12. The van der Waals surface area contributed by atoms with E-state index in [0.29, 0.717) is 24.8 Å². The highest BCUT2D eigenvalue weighted by atomic mass is 16.5. The number of nitrogens with one attached hydrogen (secondary N) is 1. The molecule has 8 nitrogen and oxygen atoms in total. The smallest absolute Gasteiger partial charge is 0.241 e. The summed E-state index contributed by atoms with van der Waals surface area (Å²) in [7, 11) is 1.64. The number of hydrogen-bond donors (Lipinski definition) is 1. The number of ether oxygens (including phenoxy) is 1. The van der Waals surface area contributed by atoms with E-state index in [1.54, 1.807) is 7.11 Å². The lowest BCUT2D eigenvalue weighted by Crippen LogP contribution is -2.48. The van der Waals surface area contributed by atoms with E-state index >= 15 is 0 Å². The summed E-state index contributed by atoms with van der Waals surface area (Å²) in [6.07, 6.45) is 0. The van der Waals surface area contributed by atoms with Gasteiger partial charge in [-0.3, -0.25) is 14.6 Å². The van der Waals surface area contributed by atoms with Gasteiger partial charge in [0.2, 0.25) is 17.6 Å². The average molecular weight is 436 g/mol. The van der Waals surface area contributed by atoms with Crippen molar-refractivity contribution in [2.45, 2.75) is 20.4 Å².